The van der Waals surface area contributed by atoms with Crippen molar-refractivity contribution in [2.75, 3.05) is 12.8 Å². The summed E-state index contributed by atoms with van der Waals surface area (Å²) in [4.78, 5) is 18.7. The van der Waals surface area contributed by atoms with Crippen LogP contribution in [-0.2, 0) is 0 Å². The van der Waals surface area contributed by atoms with Crippen LogP contribution in [0.5, 0.6) is 5.75 Å². The van der Waals surface area contributed by atoms with Gasteiger partial charge < -0.3 is 10.5 Å². The Kier molecular flexibility index (Phi) is 3.81. The number of hydrogen-bond donors (Lipinski definition) is 1. The smallest absolute Gasteiger partial charge is 0.343 e. The van der Waals surface area contributed by atoms with Gasteiger partial charge in [0.1, 0.15) is 12.1 Å². The molecule has 0 unspecified atom stereocenters. The highest BCUT2D eigenvalue weighted by Crippen LogP contribution is 2.36. The molecule has 0 saturated carbocycles. The summed E-state index contributed by atoms with van der Waals surface area (Å²) >= 11 is 1.13. The average molecular weight is 278 g/mol. The lowest BCUT2D eigenvalue weighted by Gasteiger charge is -2.05. The lowest BCUT2D eigenvalue weighted by atomic mass is 10.3. The number of benzene rings is 1. The van der Waals surface area contributed by atoms with Gasteiger partial charge in [0.2, 0.25) is 5.82 Å². The molecule has 0 saturated heterocycles. The van der Waals surface area contributed by atoms with Crippen LogP contribution < -0.4 is 10.5 Å². The molecule has 19 heavy (non-hydrogen) atoms. The molecule has 1 aromatic heterocycles. The minimum atomic E-state index is -0.585. The highest BCUT2D eigenvalue weighted by molar-refractivity contribution is 7.99. The van der Waals surface area contributed by atoms with Crippen LogP contribution in [0.2, 0.25) is 0 Å². The molecule has 0 amide bonds. The van der Waals surface area contributed by atoms with Crippen molar-refractivity contribution in [2.24, 2.45) is 0 Å². The Labute approximate surface area is 113 Å². The molecule has 8 heteroatoms. The van der Waals surface area contributed by atoms with E-state index in [4.69, 9.17) is 10.5 Å². The van der Waals surface area contributed by atoms with Crippen molar-refractivity contribution in [1.29, 1.82) is 0 Å². The molecule has 7 nitrogen and oxygen atoms in total. The minimum Gasteiger partial charge on any atom is -0.497 e. The number of ether oxygens (including phenoxy) is 1. The zero-order valence-corrected chi connectivity index (χ0v) is 10.8. The Hall–Kier alpha value is -2.35. The number of nitrogens with two attached hydrogens (primary N) is 1. The molecular formula is C11H10N4O3S. The lowest BCUT2D eigenvalue weighted by molar-refractivity contribution is -0.387. The first-order valence-corrected chi connectivity index (χ1v) is 6.00. The highest BCUT2D eigenvalue weighted by atomic mass is 32.2. The third-order valence-electron chi connectivity index (χ3n) is 2.26. The second-order valence-corrected chi connectivity index (χ2v) is 4.51. The van der Waals surface area contributed by atoms with E-state index in [0.717, 1.165) is 16.7 Å². The van der Waals surface area contributed by atoms with Gasteiger partial charge in [-0.1, -0.05) is 17.8 Å². The zero-order valence-electron chi connectivity index (χ0n) is 9.94. The Morgan fingerprint density at radius 3 is 2.89 bits per heavy atom. The molecule has 0 radical (unpaired) electrons. The fourth-order valence-electron chi connectivity index (χ4n) is 1.40. The average Bonchev–Trinajstić information content (AvgIpc) is 2.38. The maximum atomic E-state index is 11.0. The van der Waals surface area contributed by atoms with E-state index in [2.05, 4.69) is 9.97 Å². The number of nitrogen functional groups attached to an aromatic ring is 1. The van der Waals surface area contributed by atoms with Crippen LogP contribution in [0.3, 0.4) is 0 Å². The van der Waals surface area contributed by atoms with Crippen LogP contribution in [0.25, 0.3) is 0 Å². The van der Waals surface area contributed by atoms with E-state index >= 15 is 0 Å². The first kappa shape index (κ1) is 13.1. The number of aromatic nitrogens is 2. The van der Waals surface area contributed by atoms with E-state index in [9.17, 15) is 10.1 Å². The molecule has 2 aromatic rings. The maximum absolute atomic E-state index is 11.0. The van der Waals surface area contributed by atoms with Gasteiger partial charge in [-0.05, 0) is 18.2 Å². The summed E-state index contributed by atoms with van der Waals surface area (Å²) in [6, 6.07) is 7.13. The molecule has 0 aliphatic heterocycles. The molecular weight excluding hydrogens is 268 g/mol. The van der Waals surface area contributed by atoms with Crippen molar-refractivity contribution >= 4 is 23.3 Å². The predicted octanol–water partition coefficient (Wildman–Crippen LogP) is 2.13. The van der Waals surface area contributed by atoms with Gasteiger partial charge in [-0.2, -0.15) is 0 Å². The molecule has 2 rings (SSSR count). The number of hydrogen-bond acceptors (Lipinski definition) is 7. The largest absolute Gasteiger partial charge is 0.497 e. The van der Waals surface area contributed by atoms with Gasteiger partial charge in [-0.15, -0.1) is 0 Å². The topological polar surface area (TPSA) is 104 Å². The fraction of sp³-hybridized carbons (Fsp3) is 0.0909. The highest BCUT2D eigenvalue weighted by Gasteiger charge is 2.21. The van der Waals surface area contributed by atoms with Crippen molar-refractivity contribution in [1.82, 2.24) is 9.97 Å². The van der Waals surface area contributed by atoms with Gasteiger partial charge in [-0.25, -0.2) is 9.97 Å². The van der Waals surface area contributed by atoms with E-state index in [-0.39, 0.29) is 16.5 Å². The predicted molar refractivity (Wildman–Crippen MR) is 70.2 cm³/mol. The summed E-state index contributed by atoms with van der Waals surface area (Å²) in [6.07, 6.45) is 1.20. The van der Waals surface area contributed by atoms with Gasteiger partial charge in [0.25, 0.3) is 0 Å². The number of nitrogens with zero attached hydrogens (tertiary/aromatic N) is 3. The Morgan fingerprint density at radius 1 is 1.42 bits per heavy atom. The molecule has 2 N–H and O–H groups in total. The van der Waals surface area contributed by atoms with Gasteiger partial charge in [-0.3, -0.25) is 10.1 Å². The number of rotatable bonds is 4. The standard InChI is InChI=1S/C11H10N4O3S/c1-18-7-3-2-4-8(5-7)19-11-9(15(16)17)10(12)13-6-14-11/h2-6H,1H3,(H2,12,13,14). The summed E-state index contributed by atoms with van der Waals surface area (Å²) in [7, 11) is 1.55. The van der Waals surface area contributed by atoms with E-state index < -0.39 is 4.92 Å². The molecule has 0 aliphatic carbocycles. The van der Waals surface area contributed by atoms with Crippen LogP contribution >= 0.6 is 11.8 Å². The summed E-state index contributed by atoms with van der Waals surface area (Å²) in [5.74, 6) is 0.514. The lowest BCUT2D eigenvalue weighted by Crippen LogP contribution is -2.01. The van der Waals surface area contributed by atoms with E-state index in [1.807, 2.05) is 0 Å². The molecule has 0 fully saturated rings. The summed E-state index contributed by atoms with van der Waals surface area (Å²) in [5.41, 5.74) is 5.22. The van der Waals surface area contributed by atoms with E-state index in [1.54, 1.807) is 31.4 Å². The fourth-order valence-corrected chi connectivity index (χ4v) is 2.32. The van der Waals surface area contributed by atoms with Crippen LogP contribution in [0.15, 0.2) is 40.5 Å². The monoisotopic (exact) mass is 278 g/mol. The minimum absolute atomic E-state index is 0.148. The molecule has 0 spiro atoms. The SMILES string of the molecule is COc1cccc(Sc2ncnc(N)c2[N+](=O)[O-])c1. The normalized spacial score (nSPS) is 10.2. The number of methoxy groups -OCH3 is 1. The molecule has 1 aromatic carbocycles. The van der Waals surface area contributed by atoms with Crippen molar-refractivity contribution in [2.45, 2.75) is 9.92 Å². The van der Waals surface area contributed by atoms with Gasteiger partial charge in [0.05, 0.1) is 12.0 Å². The molecule has 1 heterocycles. The van der Waals surface area contributed by atoms with Gasteiger partial charge in [0.15, 0.2) is 5.03 Å². The summed E-state index contributed by atoms with van der Waals surface area (Å²) in [6.45, 7) is 0. The van der Waals surface area contributed by atoms with Crippen LogP contribution in [0, 0.1) is 10.1 Å². The van der Waals surface area contributed by atoms with Crippen LogP contribution in [-0.4, -0.2) is 22.0 Å². The van der Waals surface area contributed by atoms with Crippen LogP contribution in [0.4, 0.5) is 11.5 Å². The Balaban J connectivity index is 2.38. The van der Waals surface area contributed by atoms with Crippen molar-refractivity contribution in [3.63, 3.8) is 0 Å². The summed E-state index contributed by atoms with van der Waals surface area (Å²) in [5, 5.41) is 11.2. The molecule has 0 atom stereocenters. The number of nitro groups is 1. The Bertz CT molecular complexity index is 621. The molecule has 0 aliphatic rings. The van der Waals surface area contributed by atoms with Crippen molar-refractivity contribution < 1.29 is 9.66 Å². The molecule has 98 valence electrons. The summed E-state index contributed by atoms with van der Waals surface area (Å²) < 4.78 is 5.09. The first-order chi connectivity index (χ1) is 9.11. The van der Waals surface area contributed by atoms with E-state index in [1.165, 1.54) is 6.33 Å². The zero-order chi connectivity index (χ0) is 13.8. The Morgan fingerprint density at radius 2 is 2.21 bits per heavy atom. The molecule has 0 bridgehead atoms. The van der Waals surface area contributed by atoms with E-state index in [0.29, 0.717) is 5.75 Å². The van der Waals surface area contributed by atoms with Gasteiger partial charge >= 0.3 is 5.69 Å². The second-order valence-electron chi connectivity index (χ2n) is 3.45. The quantitative estimate of drug-likeness (QED) is 0.519. The number of anilines is 1. The van der Waals surface area contributed by atoms with Crippen LogP contribution in [0.1, 0.15) is 0 Å². The van der Waals surface area contributed by atoms with Crippen molar-refractivity contribution in [3.05, 3.63) is 40.7 Å². The van der Waals surface area contributed by atoms with Gasteiger partial charge in [0, 0.05) is 4.90 Å². The maximum Gasteiger partial charge on any atom is 0.343 e. The third-order valence-corrected chi connectivity index (χ3v) is 3.24. The first-order valence-electron chi connectivity index (χ1n) is 5.18. The second kappa shape index (κ2) is 5.53. The van der Waals surface area contributed by atoms with Crippen molar-refractivity contribution in [3.8, 4) is 5.75 Å². The third kappa shape index (κ3) is 2.91.